The number of rotatable bonds is 6. The van der Waals surface area contributed by atoms with E-state index in [2.05, 4.69) is 5.32 Å². The number of methoxy groups -OCH3 is 1. The highest BCUT2D eigenvalue weighted by atomic mass is 19.4. The summed E-state index contributed by atoms with van der Waals surface area (Å²) in [5.41, 5.74) is 4.86. The van der Waals surface area contributed by atoms with Crippen molar-refractivity contribution in [1.29, 1.82) is 0 Å². The van der Waals surface area contributed by atoms with Gasteiger partial charge in [0.05, 0.1) is 12.7 Å². The molecule has 0 aromatic heterocycles. The van der Waals surface area contributed by atoms with Crippen LogP contribution in [0, 0.1) is 0 Å². The van der Waals surface area contributed by atoms with Gasteiger partial charge in [-0.3, -0.25) is 9.59 Å². The molecule has 0 heterocycles. The zero-order valence-electron chi connectivity index (χ0n) is 13.8. The van der Waals surface area contributed by atoms with E-state index in [1.807, 2.05) is 0 Å². The maximum Gasteiger partial charge on any atom is 0.416 e. The highest BCUT2D eigenvalue weighted by Gasteiger charge is 2.31. The molecule has 2 amide bonds. The Bertz CT molecular complexity index is 789. The molecule has 0 aliphatic heterocycles. The Morgan fingerprint density at radius 2 is 1.81 bits per heavy atom. The number of ether oxygens (including phenoxy) is 1. The van der Waals surface area contributed by atoms with Gasteiger partial charge in [-0.15, -0.1) is 0 Å². The molecule has 0 saturated heterocycles. The molecule has 1 atom stereocenters. The maximum atomic E-state index is 12.8. The highest BCUT2D eigenvalue weighted by Crippen LogP contribution is 2.29. The first-order chi connectivity index (χ1) is 12.2. The molecule has 0 aliphatic rings. The van der Waals surface area contributed by atoms with Gasteiger partial charge in [-0.05, 0) is 35.9 Å². The van der Waals surface area contributed by atoms with Gasteiger partial charge in [0.2, 0.25) is 5.91 Å². The van der Waals surface area contributed by atoms with E-state index in [9.17, 15) is 22.8 Å². The number of amides is 2. The first kappa shape index (κ1) is 19.3. The fourth-order valence-electron chi connectivity index (χ4n) is 2.30. The highest BCUT2D eigenvalue weighted by molar-refractivity contribution is 5.97. The van der Waals surface area contributed by atoms with Gasteiger partial charge < -0.3 is 15.8 Å². The summed E-state index contributed by atoms with van der Waals surface area (Å²) < 4.78 is 43.3. The van der Waals surface area contributed by atoms with Gasteiger partial charge in [0.15, 0.2) is 0 Å². The van der Waals surface area contributed by atoms with E-state index in [0.29, 0.717) is 11.3 Å². The van der Waals surface area contributed by atoms with Crippen molar-refractivity contribution in [2.24, 2.45) is 5.73 Å². The number of hydrogen-bond donors (Lipinski definition) is 2. The molecule has 0 unspecified atom stereocenters. The van der Waals surface area contributed by atoms with Crippen molar-refractivity contribution >= 4 is 11.8 Å². The second kappa shape index (κ2) is 7.90. The zero-order chi connectivity index (χ0) is 19.3. The number of halogens is 3. The van der Waals surface area contributed by atoms with E-state index < -0.39 is 29.6 Å². The van der Waals surface area contributed by atoms with Crippen molar-refractivity contribution in [1.82, 2.24) is 5.32 Å². The fourth-order valence-corrected chi connectivity index (χ4v) is 2.30. The summed E-state index contributed by atoms with van der Waals surface area (Å²) in [6.45, 7) is 0. The number of nitrogens with two attached hydrogens (primary N) is 1. The number of benzene rings is 2. The van der Waals surface area contributed by atoms with Gasteiger partial charge in [-0.2, -0.15) is 13.2 Å². The minimum absolute atomic E-state index is 0.101. The Kier molecular flexibility index (Phi) is 5.86. The predicted octanol–water partition coefficient (Wildman–Crippen LogP) is 2.54. The van der Waals surface area contributed by atoms with Crippen LogP contribution in [0.15, 0.2) is 48.5 Å². The summed E-state index contributed by atoms with van der Waals surface area (Å²) in [7, 11) is 1.51. The summed E-state index contributed by atoms with van der Waals surface area (Å²) in [5.74, 6) is -0.980. The number of nitrogens with one attached hydrogen (secondary N) is 1. The second-order valence-corrected chi connectivity index (χ2v) is 5.56. The third-order valence-electron chi connectivity index (χ3n) is 3.70. The van der Waals surface area contributed by atoms with Gasteiger partial charge >= 0.3 is 6.18 Å². The van der Waals surface area contributed by atoms with Crippen LogP contribution < -0.4 is 15.8 Å². The van der Waals surface area contributed by atoms with Crippen LogP contribution >= 0.6 is 0 Å². The Balaban J connectivity index is 2.14. The van der Waals surface area contributed by atoms with Crippen LogP contribution in [0.25, 0.3) is 0 Å². The lowest BCUT2D eigenvalue weighted by Crippen LogP contribution is -2.45. The van der Waals surface area contributed by atoms with Crippen LogP contribution in [-0.4, -0.2) is 25.0 Å². The lowest BCUT2D eigenvalue weighted by atomic mass is 10.0. The lowest BCUT2D eigenvalue weighted by Gasteiger charge is -2.16. The molecular formula is C18H17F3N2O3. The Morgan fingerprint density at radius 3 is 2.35 bits per heavy atom. The maximum absolute atomic E-state index is 12.8. The van der Waals surface area contributed by atoms with Gasteiger partial charge in [-0.1, -0.05) is 18.2 Å². The number of primary amides is 1. The van der Waals surface area contributed by atoms with Gasteiger partial charge in [0, 0.05) is 12.0 Å². The van der Waals surface area contributed by atoms with E-state index >= 15 is 0 Å². The molecular weight excluding hydrogens is 349 g/mol. The van der Waals surface area contributed by atoms with Crippen LogP contribution in [0.3, 0.4) is 0 Å². The second-order valence-electron chi connectivity index (χ2n) is 5.56. The summed E-state index contributed by atoms with van der Waals surface area (Å²) in [6, 6.07) is 9.64. The van der Waals surface area contributed by atoms with Crippen molar-refractivity contribution in [3.05, 3.63) is 65.2 Å². The average molecular weight is 366 g/mol. The summed E-state index contributed by atoms with van der Waals surface area (Å²) in [5, 5.41) is 2.38. The van der Waals surface area contributed by atoms with E-state index in [1.165, 1.54) is 13.2 Å². The molecule has 0 spiro atoms. The van der Waals surface area contributed by atoms with Crippen LogP contribution in [-0.2, 0) is 17.4 Å². The van der Waals surface area contributed by atoms with E-state index in [4.69, 9.17) is 10.5 Å². The SMILES string of the molecule is COc1ccc(C[C@H](NC(=O)c2cccc(C(F)(F)F)c2)C(N)=O)cc1. The Morgan fingerprint density at radius 1 is 1.15 bits per heavy atom. The molecule has 5 nitrogen and oxygen atoms in total. The number of carbonyl (C=O) groups is 2. The third kappa shape index (κ3) is 4.98. The summed E-state index contributed by atoms with van der Waals surface area (Å²) in [4.78, 5) is 23.8. The van der Waals surface area contributed by atoms with E-state index in [-0.39, 0.29) is 12.0 Å². The molecule has 2 aromatic rings. The molecule has 2 aromatic carbocycles. The minimum Gasteiger partial charge on any atom is -0.497 e. The van der Waals surface area contributed by atoms with E-state index in [1.54, 1.807) is 24.3 Å². The van der Waals surface area contributed by atoms with Crippen LogP contribution in [0.1, 0.15) is 21.5 Å². The monoisotopic (exact) mass is 366 g/mol. The average Bonchev–Trinajstić information content (AvgIpc) is 2.61. The summed E-state index contributed by atoms with van der Waals surface area (Å²) in [6.07, 6.45) is -4.47. The van der Waals surface area contributed by atoms with Gasteiger partial charge in [0.1, 0.15) is 11.8 Å². The minimum atomic E-state index is -4.57. The van der Waals surface area contributed by atoms with Crippen LogP contribution in [0.2, 0.25) is 0 Å². The molecule has 0 fully saturated rings. The molecule has 26 heavy (non-hydrogen) atoms. The molecule has 0 aliphatic carbocycles. The van der Waals surface area contributed by atoms with Crippen LogP contribution in [0.4, 0.5) is 13.2 Å². The molecule has 3 N–H and O–H groups in total. The number of carbonyl (C=O) groups excluding carboxylic acids is 2. The fraction of sp³-hybridized carbons (Fsp3) is 0.222. The van der Waals surface area contributed by atoms with Gasteiger partial charge in [-0.25, -0.2) is 0 Å². The first-order valence-corrected chi connectivity index (χ1v) is 7.61. The normalized spacial score (nSPS) is 12.3. The van der Waals surface area contributed by atoms with Crippen molar-refractivity contribution < 1.29 is 27.5 Å². The van der Waals surface area contributed by atoms with E-state index in [0.717, 1.165) is 18.2 Å². The van der Waals surface area contributed by atoms with Crippen molar-refractivity contribution in [2.45, 2.75) is 18.6 Å². The van der Waals surface area contributed by atoms with Crippen LogP contribution in [0.5, 0.6) is 5.75 Å². The quantitative estimate of drug-likeness (QED) is 0.824. The van der Waals surface area contributed by atoms with Gasteiger partial charge in [0.25, 0.3) is 5.91 Å². The summed E-state index contributed by atoms with van der Waals surface area (Å²) >= 11 is 0. The van der Waals surface area contributed by atoms with Crippen molar-refractivity contribution in [3.63, 3.8) is 0 Å². The Hall–Kier alpha value is -3.03. The molecule has 0 saturated carbocycles. The molecule has 138 valence electrons. The van der Waals surface area contributed by atoms with Crippen molar-refractivity contribution in [2.75, 3.05) is 7.11 Å². The molecule has 8 heteroatoms. The van der Waals surface area contributed by atoms with Crippen molar-refractivity contribution in [3.8, 4) is 5.75 Å². The molecule has 0 radical (unpaired) electrons. The predicted molar refractivity (Wildman–Crippen MR) is 88.6 cm³/mol. The zero-order valence-corrected chi connectivity index (χ0v) is 13.8. The molecule has 2 rings (SSSR count). The Labute approximate surface area is 148 Å². The number of alkyl halides is 3. The largest absolute Gasteiger partial charge is 0.497 e. The molecule has 0 bridgehead atoms. The number of hydrogen-bond acceptors (Lipinski definition) is 3. The standard InChI is InChI=1S/C18H17F3N2O3/c1-26-14-7-5-11(6-8-14)9-15(16(22)24)23-17(25)12-3-2-4-13(10-12)18(19,20)21/h2-8,10,15H,9H2,1H3,(H2,22,24)(H,23,25)/t15-/m0/s1. The smallest absolute Gasteiger partial charge is 0.416 e. The third-order valence-corrected chi connectivity index (χ3v) is 3.70. The topological polar surface area (TPSA) is 81.4 Å². The lowest BCUT2D eigenvalue weighted by molar-refractivity contribution is -0.137. The first-order valence-electron chi connectivity index (χ1n) is 7.61.